The van der Waals surface area contributed by atoms with E-state index in [0.717, 1.165) is 17.1 Å². The number of ether oxygens (including phenoxy) is 1. The molecule has 6 heteroatoms. The third kappa shape index (κ3) is 4.24. The molecule has 0 bridgehead atoms. The van der Waals surface area contributed by atoms with Crippen LogP contribution in [0.3, 0.4) is 0 Å². The highest BCUT2D eigenvalue weighted by atomic mass is 16.5. The number of nitrogens with zero attached hydrogens (tertiary/aromatic N) is 3. The Labute approximate surface area is 114 Å². The number of methoxy groups -OCH3 is 1. The van der Waals surface area contributed by atoms with Crippen molar-refractivity contribution < 1.29 is 4.74 Å². The largest absolute Gasteiger partial charge is 0.497 e. The maximum atomic E-state index is 7.43. The Hall–Kier alpha value is -2.11. The van der Waals surface area contributed by atoms with Crippen LogP contribution >= 0.6 is 0 Å². The molecule has 0 radical (unpaired) electrons. The Morgan fingerprint density at radius 1 is 1.47 bits per heavy atom. The van der Waals surface area contributed by atoms with E-state index in [9.17, 15) is 0 Å². The van der Waals surface area contributed by atoms with E-state index in [1.54, 1.807) is 12.0 Å². The van der Waals surface area contributed by atoms with Crippen LogP contribution in [-0.4, -0.2) is 26.0 Å². The Kier molecular flexibility index (Phi) is 5.78. The monoisotopic (exact) mass is 263 g/mol. The van der Waals surface area contributed by atoms with Crippen LogP contribution in [0.25, 0.3) is 0 Å². The van der Waals surface area contributed by atoms with Crippen LogP contribution in [0.2, 0.25) is 0 Å². The molecule has 0 aromatic heterocycles. The first-order chi connectivity index (χ1) is 9.12. The summed E-state index contributed by atoms with van der Waals surface area (Å²) in [4.78, 5) is 1.80. The van der Waals surface area contributed by atoms with Crippen molar-refractivity contribution in [2.24, 2.45) is 10.3 Å². The first kappa shape index (κ1) is 14.9. The number of benzene rings is 1. The number of hydrogen-bond donors (Lipinski definition) is 2. The van der Waals surface area contributed by atoms with Gasteiger partial charge in [0, 0.05) is 12.6 Å². The number of rotatable bonds is 7. The van der Waals surface area contributed by atoms with Gasteiger partial charge in [-0.15, -0.1) is 0 Å². The normalized spacial score (nSPS) is 10.8. The van der Waals surface area contributed by atoms with Crippen molar-refractivity contribution in [3.05, 3.63) is 18.2 Å². The molecule has 0 aliphatic carbocycles. The molecule has 104 valence electrons. The van der Waals surface area contributed by atoms with E-state index in [-0.39, 0.29) is 6.04 Å². The lowest BCUT2D eigenvalue weighted by molar-refractivity contribution is 0.415. The average molecular weight is 263 g/mol. The summed E-state index contributed by atoms with van der Waals surface area (Å²) in [5, 5.41) is 15.4. The average Bonchev–Trinajstić information content (AvgIpc) is 2.41. The van der Waals surface area contributed by atoms with E-state index < -0.39 is 0 Å². The Balaban J connectivity index is 3.05. The molecule has 0 saturated carbocycles. The van der Waals surface area contributed by atoms with Crippen LogP contribution in [0.5, 0.6) is 5.75 Å². The number of nitrogens with one attached hydrogen (secondary N) is 2. The van der Waals surface area contributed by atoms with Gasteiger partial charge in [0.25, 0.3) is 0 Å². The zero-order valence-corrected chi connectivity index (χ0v) is 11.8. The first-order valence-electron chi connectivity index (χ1n) is 6.23. The maximum Gasteiger partial charge on any atom is 0.121 e. The standard InChI is InChI=1S/C13H21N5O/c1-5-18(9-14)13-7-6-11(19-4)8-12(13)16-17-15-10(2)3/h6-10,14H,5H2,1-4H3,(H,15,16). The van der Waals surface area contributed by atoms with Gasteiger partial charge in [0.05, 0.1) is 30.9 Å². The molecule has 6 nitrogen and oxygen atoms in total. The molecule has 1 rings (SSSR count). The van der Waals surface area contributed by atoms with Crippen molar-refractivity contribution in [1.82, 2.24) is 0 Å². The van der Waals surface area contributed by atoms with Crippen molar-refractivity contribution in [2.45, 2.75) is 26.8 Å². The minimum absolute atomic E-state index is 0.131. The highest BCUT2D eigenvalue weighted by Crippen LogP contribution is 2.29. The Morgan fingerprint density at radius 2 is 2.21 bits per heavy atom. The number of anilines is 2. The Bertz CT molecular complexity index is 445. The van der Waals surface area contributed by atoms with E-state index in [1.165, 1.54) is 6.34 Å². The summed E-state index contributed by atoms with van der Waals surface area (Å²) in [5.41, 5.74) is 4.52. The van der Waals surface area contributed by atoms with Gasteiger partial charge in [-0.05, 0) is 32.9 Å². The molecule has 2 N–H and O–H groups in total. The van der Waals surface area contributed by atoms with Gasteiger partial charge >= 0.3 is 0 Å². The predicted molar refractivity (Wildman–Crippen MR) is 78.4 cm³/mol. The second kappa shape index (κ2) is 7.35. The molecule has 0 aliphatic rings. The minimum Gasteiger partial charge on any atom is -0.497 e. The van der Waals surface area contributed by atoms with Gasteiger partial charge in [0.2, 0.25) is 0 Å². The third-order valence-electron chi connectivity index (χ3n) is 2.47. The molecule has 0 unspecified atom stereocenters. The zero-order chi connectivity index (χ0) is 14.3. The molecule has 0 atom stereocenters. The van der Waals surface area contributed by atoms with Crippen molar-refractivity contribution in [1.29, 1.82) is 5.41 Å². The zero-order valence-electron chi connectivity index (χ0n) is 11.8. The van der Waals surface area contributed by atoms with E-state index >= 15 is 0 Å². The van der Waals surface area contributed by atoms with Crippen LogP contribution < -0.4 is 15.1 Å². The molecule has 1 aromatic rings. The highest BCUT2D eigenvalue weighted by molar-refractivity contribution is 5.85. The smallest absolute Gasteiger partial charge is 0.121 e. The molecule has 0 spiro atoms. The highest BCUT2D eigenvalue weighted by Gasteiger charge is 2.09. The quantitative estimate of drug-likeness (QED) is 0.343. The lowest BCUT2D eigenvalue weighted by atomic mass is 10.2. The Morgan fingerprint density at radius 3 is 2.74 bits per heavy atom. The van der Waals surface area contributed by atoms with Crippen molar-refractivity contribution in [3.63, 3.8) is 0 Å². The van der Waals surface area contributed by atoms with Crippen LogP contribution in [0, 0.1) is 5.41 Å². The SMILES string of the molecule is CCN(C=N)c1ccc(OC)cc1NN=NC(C)C. The molecular formula is C13H21N5O. The molecule has 0 heterocycles. The molecular weight excluding hydrogens is 242 g/mol. The second-order valence-corrected chi connectivity index (χ2v) is 4.22. The van der Waals surface area contributed by atoms with Gasteiger partial charge in [0.1, 0.15) is 5.75 Å². The van der Waals surface area contributed by atoms with Crippen LogP contribution in [0.4, 0.5) is 11.4 Å². The fourth-order valence-electron chi connectivity index (χ4n) is 1.51. The fraction of sp³-hybridized carbons (Fsp3) is 0.462. The summed E-state index contributed by atoms with van der Waals surface area (Å²) >= 11 is 0. The van der Waals surface area contributed by atoms with Gasteiger partial charge in [-0.25, -0.2) is 0 Å². The van der Waals surface area contributed by atoms with E-state index in [0.29, 0.717) is 6.54 Å². The molecule has 0 amide bonds. The van der Waals surface area contributed by atoms with E-state index in [1.807, 2.05) is 39.0 Å². The molecule has 1 aromatic carbocycles. The first-order valence-corrected chi connectivity index (χ1v) is 6.23. The summed E-state index contributed by atoms with van der Waals surface area (Å²) in [6, 6.07) is 5.71. The summed E-state index contributed by atoms with van der Waals surface area (Å²) < 4.78 is 5.20. The fourth-order valence-corrected chi connectivity index (χ4v) is 1.51. The molecule has 19 heavy (non-hydrogen) atoms. The summed E-state index contributed by atoms with van der Waals surface area (Å²) in [6.45, 7) is 6.59. The van der Waals surface area contributed by atoms with Crippen LogP contribution in [-0.2, 0) is 0 Å². The lowest BCUT2D eigenvalue weighted by Crippen LogP contribution is -2.20. The maximum absolute atomic E-state index is 7.43. The summed E-state index contributed by atoms with van der Waals surface area (Å²) in [7, 11) is 1.61. The van der Waals surface area contributed by atoms with E-state index in [4.69, 9.17) is 10.1 Å². The van der Waals surface area contributed by atoms with Crippen molar-refractivity contribution >= 4 is 17.7 Å². The van der Waals surface area contributed by atoms with E-state index in [2.05, 4.69) is 15.8 Å². The number of hydrogen-bond acceptors (Lipinski definition) is 4. The van der Waals surface area contributed by atoms with Crippen molar-refractivity contribution in [3.8, 4) is 5.75 Å². The van der Waals surface area contributed by atoms with Crippen molar-refractivity contribution in [2.75, 3.05) is 24.0 Å². The molecule has 0 fully saturated rings. The van der Waals surface area contributed by atoms with Crippen LogP contribution in [0.1, 0.15) is 20.8 Å². The van der Waals surface area contributed by atoms with Crippen LogP contribution in [0.15, 0.2) is 28.5 Å². The topological polar surface area (TPSA) is 73.1 Å². The van der Waals surface area contributed by atoms with Gasteiger partial charge in [-0.1, -0.05) is 5.22 Å². The summed E-state index contributed by atoms with van der Waals surface area (Å²) in [6.07, 6.45) is 1.28. The van der Waals surface area contributed by atoms with Gasteiger partial charge in [-0.2, -0.15) is 5.11 Å². The minimum atomic E-state index is 0.131. The molecule has 0 aliphatic heterocycles. The molecule has 0 saturated heterocycles. The lowest BCUT2D eigenvalue weighted by Gasteiger charge is -2.20. The van der Waals surface area contributed by atoms with Gasteiger partial charge in [0.15, 0.2) is 0 Å². The third-order valence-corrected chi connectivity index (χ3v) is 2.47. The predicted octanol–water partition coefficient (Wildman–Crippen LogP) is 3.32. The summed E-state index contributed by atoms with van der Waals surface area (Å²) in [5.74, 6) is 0.729. The van der Waals surface area contributed by atoms with Gasteiger partial charge < -0.3 is 9.64 Å². The second-order valence-electron chi connectivity index (χ2n) is 4.22. The van der Waals surface area contributed by atoms with Gasteiger partial charge in [-0.3, -0.25) is 10.8 Å².